The summed E-state index contributed by atoms with van der Waals surface area (Å²) in [5, 5.41) is 6.99. The Balaban J connectivity index is 1.73. The van der Waals surface area contributed by atoms with Crippen LogP contribution in [0.3, 0.4) is 0 Å². The summed E-state index contributed by atoms with van der Waals surface area (Å²) in [6, 6.07) is 7.18. The number of anilines is 3. The van der Waals surface area contributed by atoms with E-state index in [4.69, 9.17) is 16.3 Å². The molecule has 3 rings (SSSR count). The zero-order valence-corrected chi connectivity index (χ0v) is 18.2. The molecule has 0 saturated heterocycles. The second kappa shape index (κ2) is 9.19. The van der Waals surface area contributed by atoms with Crippen LogP contribution in [0.1, 0.15) is 41.3 Å². The molecule has 3 aromatic rings. The number of nitrogens with one attached hydrogen (secondary N) is 2. The van der Waals surface area contributed by atoms with Crippen LogP contribution in [-0.4, -0.2) is 27.0 Å². The van der Waals surface area contributed by atoms with Crippen molar-refractivity contribution in [3.05, 3.63) is 51.7 Å². The van der Waals surface area contributed by atoms with E-state index in [0.29, 0.717) is 38.2 Å². The average molecular weight is 432 g/mol. The minimum absolute atomic E-state index is 0.0561. The lowest BCUT2D eigenvalue weighted by Gasteiger charge is -2.12. The molecule has 0 spiro atoms. The van der Waals surface area contributed by atoms with Crippen LogP contribution in [0.25, 0.3) is 0 Å². The molecular formula is C20H22ClN5O2S. The van der Waals surface area contributed by atoms with E-state index in [1.807, 2.05) is 32.9 Å². The number of hydrogen-bond donors (Lipinski definition) is 2. The minimum atomic E-state index is -0.272. The van der Waals surface area contributed by atoms with Gasteiger partial charge in [0, 0.05) is 6.07 Å². The number of thiazole rings is 1. The zero-order chi connectivity index (χ0) is 21.0. The quantitative estimate of drug-likeness (QED) is 0.522. The molecule has 0 radical (unpaired) electrons. The molecule has 1 atom stereocenters. The fourth-order valence-electron chi connectivity index (χ4n) is 2.47. The highest BCUT2D eigenvalue weighted by Crippen LogP contribution is 2.28. The van der Waals surface area contributed by atoms with Crippen molar-refractivity contribution < 1.29 is 9.53 Å². The van der Waals surface area contributed by atoms with Gasteiger partial charge < -0.3 is 15.4 Å². The maximum Gasteiger partial charge on any atom is 0.267 e. The third kappa shape index (κ3) is 5.42. The van der Waals surface area contributed by atoms with Crippen molar-refractivity contribution in [2.45, 2.75) is 40.2 Å². The zero-order valence-electron chi connectivity index (χ0n) is 16.6. The Morgan fingerprint density at radius 3 is 2.83 bits per heavy atom. The van der Waals surface area contributed by atoms with Crippen LogP contribution >= 0.6 is 22.9 Å². The van der Waals surface area contributed by atoms with Gasteiger partial charge in [0.1, 0.15) is 16.5 Å². The van der Waals surface area contributed by atoms with E-state index in [9.17, 15) is 4.79 Å². The van der Waals surface area contributed by atoms with Gasteiger partial charge in [-0.2, -0.15) is 4.98 Å². The Hall–Kier alpha value is -2.71. The summed E-state index contributed by atoms with van der Waals surface area (Å²) < 4.78 is 5.77. The Bertz CT molecular complexity index is 1000. The molecule has 0 aliphatic rings. The maximum absolute atomic E-state index is 12.6. The van der Waals surface area contributed by atoms with Crippen molar-refractivity contribution in [2.24, 2.45) is 0 Å². The number of para-hydroxylation sites is 1. The smallest absolute Gasteiger partial charge is 0.267 e. The molecule has 29 heavy (non-hydrogen) atoms. The first-order valence-electron chi connectivity index (χ1n) is 9.17. The maximum atomic E-state index is 12.6. The monoisotopic (exact) mass is 431 g/mol. The second-order valence-corrected chi connectivity index (χ2v) is 7.95. The first-order chi connectivity index (χ1) is 13.9. The molecule has 0 saturated carbocycles. The summed E-state index contributed by atoms with van der Waals surface area (Å²) in [6.07, 6.45) is 2.45. The number of aromatic nitrogens is 3. The molecule has 0 aliphatic heterocycles. The molecule has 1 aromatic carbocycles. The van der Waals surface area contributed by atoms with Gasteiger partial charge in [-0.05, 0) is 38.8 Å². The van der Waals surface area contributed by atoms with Crippen LogP contribution in [0.15, 0.2) is 30.5 Å². The first kappa shape index (κ1) is 21.0. The molecular weight excluding hydrogens is 410 g/mol. The molecule has 0 aliphatic carbocycles. The fraction of sp³-hybridized carbons (Fsp3) is 0.300. The highest BCUT2D eigenvalue weighted by molar-refractivity contribution is 7.17. The molecule has 7 nitrogen and oxygen atoms in total. The van der Waals surface area contributed by atoms with E-state index in [2.05, 4.69) is 25.6 Å². The molecule has 2 aromatic heterocycles. The summed E-state index contributed by atoms with van der Waals surface area (Å²) in [5.74, 6) is 1.36. The van der Waals surface area contributed by atoms with E-state index in [1.165, 1.54) is 17.5 Å². The lowest BCUT2D eigenvalue weighted by Crippen LogP contribution is -2.12. The summed E-state index contributed by atoms with van der Waals surface area (Å²) in [5.41, 5.74) is 1.49. The second-order valence-electron chi connectivity index (χ2n) is 6.52. The van der Waals surface area contributed by atoms with Crippen LogP contribution in [0.4, 0.5) is 16.6 Å². The van der Waals surface area contributed by atoms with E-state index in [1.54, 1.807) is 19.1 Å². The number of carbonyl (C=O) groups excluding carboxylic acids is 1. The Morgan fingerprint density at radius 2 is 2.10 bits per heavy atom. The lowest BCUT2D eigenvalue weighted by molar-refractivity contribution is 0.103. The number of nitrogens with zero attached hydrogens (tertiary/aromatic N) is 3. The summed E-state index contributed by atoms with van der Waals surface area (Å²) in [6.45, 7) is 7.71. The van der Waals surface area contributed by atoms with E-state index >= 15 is 0 Å². The number of halogens is 1. The third-order valence-corrected chi connectivity index (χ3v) is 5.36. The minimum Gasteiger partial charge on any atom is -0.475 e. The number of rotatable bonds is 7. The van der Waals surface area contributed by atoms with Gasteiger partial charge in [0.2, 0.25) is 5.88 Å². The van der Waals surface area contributed by atoms with Gasteiger partial charge in [-0.25, -0.2) is 9.97 Å². The number of ether oxygens (including phenoxy) is 1. The van der Waals surface area contributed by atoms with Crippen molar-refractivity contribution in [1.82, 2.24) is 15.0 Å². The van der Waals surface area contributed by atoms with Crippen molar-refractivity contribution in [3.8, 4) is 5.88 Å². The molecule has 1 amide bonds. The number of hydrogen-bond acceptors (Lipinski definition) is 7. The van der Waals surface area contributed by atoms with Crippen molar-refractivity contribution >= 4 is 45.5 Å². The van der Waals surface area contributed by atoms with Crippen LogP contribution < -0.4 is 15.4 Å². The van der Waals surface area contributed by atoms with Gasteiger partial charge in [0.25, 0.3) is 5.91 Å². The first-order valence-corrected chi connectivity index (χ1v) is 10.4. The summed E-state index contributed by atoms with van der Waals surface area (Å²) in [7, 11) is 0. The predicted octanol–water partition coefficient (Wildman–Crippen LogP) is 5.38. The standard InChI is InChI=1S/C20H22ClN5O2S/c1-5-12(3)28-17-9-16(23-13(4)24-17)25-20-22-10-15(29-20)19(27)26-18-11(2)7-6-8-14(18)21/h6-10,12H,5H2,1-4H3,(H,26,27)(H,22,23,24,25). The van der Waals surface area contributed by atoms with Crippen molar-refractivity contribution in [2.75, 3.05) is 10.6 Å². The molecule has 1 unspecified atom stereocenters. The largest absolute Gasteiger partial charge is 0.475 e. The summed E-state index contributed by atoms with van der Waals surface area (Å²) >= 11 is 7.40. The number of amides is 1. The predicted molar refractivity (Wildman–Crippen MR) is 117 cm³/mol. The topological polar surface area (TPSA) is 89.0 Å². The molecule has 0 fully saturated rings. The Labute approximate surface area is 178 Å². The van der Waals surface area contributed by atoms with Crippen LogP contribution in [0, 0.1) is 13.8 Å². The van der Waals surface area contributed by atoms with Gasteiger partial charge >= 0.3 is 0 Å². The SMILES string of the molecule is CCC(C)Oc1cc(Nc2ncc(C(=O)Nc3c(C)cccc3Cl)s2)nc(C)n1. The van der Waals surface area contributed by atoms with Crippen molar-refractivity contribution in [3.63, 3.8) is 0 Å². The van der Waals surface area contributed by atoms with Gasteiger partial charge in [0.15, 0.2) is 5.13 Å². The van der Waals surface area contributed by atoms with Crippen LogP contribution in [-0.2, 0) is 0 Å². The molecule has 0 bridgehead atoms. The fourth-order valence-corrected chi connectivity index (χ4v) is 3.45. The molecule has 152 valence electrons. The van der Waals surface area contributed by atoms with Crippen molar-refractivity contribution in [1.29, 1.82) is 0 Å². The Kier molecular flexibility index (Phi) is 6.66. The average Bonchev–Trinajstić information content (AvgIpc) is 3.12. The van der Waals surface area contributed by atoms with E-state index in [0.717, 1.165) is 12.0 Å². The molecule has 2 N–H and O–H groups in total. The van der Waals surface area contributed by atoms with Gasteiger partial charge in [-0.3, -0.25) is 4.79 Å². The lowest BCUT2D eigenvalue weighted by atomic mass is 10.2. The number of carbonyl (C=O) groups is 1. The van der Waals surface area contributed by atoms with Crippen LogP contribution in [0.2, 0.25) is 5.02 Å². The molecule has 9 heteroatoms. The normalized spacial score (nSPS) is 11.8. The Morgan fingerprint density at radius 1 is 1.31 bits per heavy atom. The van der Waals surface area contributed by atoms with Gasteiger partial charge in [0.05, 0.1) is 23.0 Å². The van der Waals surface area contributed by atoms with Crippen LogP contribution in [0.5, 0.6) is 5.88 Å². The highest BCUT2D eigenvalue weighted by Gasteiger charge is 2.15. The number of benzene rings is 1. The van der Waals surface area contributed by atoms with Gasteiger partial charge in [-0.15, -0.1) is 0 Å². The van der Waals surface area contributed by atoms with E-state index in [-0.39, 0.29) is 12.0 Å². The van der Waals surface area contributed by atoms with Gasteiger partial charge in [-0.1, -0.05) is 42.0 Å². The highest BCUT2D eigenvalue weighted by atomic mass is 35.5. The molecule has 2 heterocycles. The third-order valence-electron chi connectivity index (χ3n) is 4.14. The summed E-state index contributed by atoms with van der Waals surface area (Å²) in [4.78, 5) is 25.9. The number of aryl methyl sites for hydroxylation is 2. The van der Waals surface area contributed by atoms with E-state index < -0.39 is 0 Å².